The van der Waals surface area contributed by atoms with Crippen LogP contribution in [0, 0.1) is 0 Å². The fourth-order valence-electron chi connectivity index (χ4n) is 1.91. The van der Waals surface area contributed by atoms with Crippen LogP contribution >= 0.6 is 35.6 Å². The first-order valence-electron chi connectivity index (χ1n) is 7.52. The van der Waals surface area contributed by atoms with Gasteiger partial charge in [0.05, 0.1) is 16.5 Å². The first kappa shape index (κ1) is 23.5. The lowest BCUT2D eigenvalue weighted by Crippen LogP contribution is -2.42. The van der Waals surface area contributed by atoms with E-state index >= 15 is 0 Å². The number of rotatable bonds is 5. The summed E-state index contributed by atoms with van der Waals surface area (Å²) >= 11 is 6.18. The predicted molar refractivity (Wildman–Crippen MR) is 113 cm³/mol. The first-order chi connectivity index (χ1) is 10.6. The third-order valence-corrected chi connectivity index (χ3v) is 6.50. The number of halogens is 2. The minimum atomic E-state index is -3.16. The van der Waals surface area contributed by atoms with Crippen LogP contribution < -0.4 is 10.6 Å². The molecule has 5 nitrogen and oxygen atoms in total. The Morgan fingerprint density at radius 3 is 2.38 bits per heavy atom. The summed E-state index contributed by atoms with van der Waals surface area (Å²) in [6.07, 6.45) is 0. The Morgan fingerprint density at radius 2 is 1.88 bits per heavy atom. The van der Waals surface area contributed by atoms with Crippen LogP contribution in [0.3, 0.4) is 0 Å². The molecule has 0 heterocycles. The van der Waals surface area contributed by atoms with Crippen molar-refractivity contribution < 1.29 is 8.42 Å². The number of sulfone groups is 1. The molecule has 0 spiro atoms. The molecule has 0 aromatic heterocycles. The molecular weight excluding hydrogens is 461 g/mol. The second-order valence-electron chi connectivity index (χ2n) is 6.32. The molecule has 1 atom stereocenters. The van der Waals surface area contributed by atoms with E-state index in [0.717, 1.165) is 5.56 Å². The van der Waals surface area contributed by atoms with E-state index in [-0.39, 0.29) is 35.8 Å². The van der Waals surface area contributed by atoms with E-state index in [1.165, 1.54) is 0 Å². The number of guanidine groups is 1. The zero-order valence-electron chi connectivity index (χ0n) is 14.8. The van der Waals surface area contributed by atoms with Gasteiger partial charge in [0.2, 0.25) is 0 Å². The molecule has 1 aromatic carbocycles. The molecular formula is C16H27ClIN3O2S. The Balaban J connectivity index is 0.00000529. The Kier molecular flexibility index (Phi) is 9.60. The largest absolute Gasteiger partial charge is 0.355 e. The number of hydrogen-bond acceptors (Lipinski definition) is 3. The first-order valence-corrected chi connectivity index (χ1v) is 9.55. The standard InChI is InChI=1S/C16H26ClN3O2S.HI/c1-12(13-8-6-7-9-14(13)17)20-15(18-5)19-10-11-23(21,22)16(2,3)4;/h6-9,12H,10-11H2,1-5H3,(H2,18,19,20);1H. The number of aliphatic imine (C=N–C) groups is 1. The predicted octanol–water partition coefficient (Wildman–Crippen LogP) is 3.40. The molecule has 8 heteroatoms. The van der Waals surface area contributed by atoms with Gasteiger partial charge in [-0.25, -0.2) is 8.42 Å². The summed E-state index contributed by atoms with van der Waals surface area (Å²) in [7, 11) is -1.51. The van der Waals surface area contributed by atoms with Crippen molar-refractivity contribution in [2.75, 3.05) is 19.3 Å². The van der Waals surface area contributed by atoms with Crippen molar-refractivity contribution in [1.82, 2.24) is 10.6 Å². The number of nitrogens with zero attached hydrogens (tertiary/aromatic N) is 1. The Labute approximate surface area is 167 Å². The van der Waals surface area contributed by atoms with Crippen molar-refractivity contribution in [2.24, 2.45) is 4.99 Å². The van der Waals surface area contributed by atoms with Gasteiger partial charge in [0.25, 0.3) is 0 Å². The number of benzene rings is 1. The van der Waals surface area contributed by atoms with Crippen molar-refractivity contribution in [3.8, 4) is 0 Å². The SMILES string of the molecule is CN=C(NCCS(=O)(=O)C(C)(C)C)NC(C)c1ccccc1Cl.I. The number of nitrogens with one attached hydrogen (secondary N) is 2. The van der Waals surface area contributed by atoms with E-state index in [2.05, 4.69) is 15.6 Å². The van der Waals surface area contributed by atoms with Gasteiger partial charge in [0.1, 0.15) is 0 Å². The smallest absolute Gasteiger partial charge is 0.191 e. The van der Waals surface area contributed by atoms with Crippen LogP contribution in [0.25, 0.3) is 0 Å². The van der Waals surface area contributed by atoms with Gasteiger partial charge < -0.3 is 10.6 Å². The third kappa shape index (κ3) is 6.76. The molecule has 0 amide bonds. The maximum absolute atomic E-state index is 12.1. The highest BCUT2D eigenvalue weighted by molar-refractivity contribution is 14.0. The van der Waals surface area contributed by atoms with Crippen molar-refractivity contribution in [3.05, 3.63) is 34.9 Å². The normalized spacial score (nSPS) is 13.8. The molecule has 0 saturated heterocycles. The lowest BCUT2D eigenvalue weighted by atomic mass is 10.1. The summed E-state index contributed by atoms with van der Waals surface area (Å²) in [6.45, 7) is 7.38. The molecule has 0 aliphatic heterocycles. The van der Waals surface area contributed by atoms with Crippen molar-refractivity contribution >= 4 is 51.4 Å². The van der Waals surface area contributed by atoms with Crippen LogP contribution in [0.2, 0.25) is 5.02 Å². The van der Waals surface area contributed by atoms with Gasteiger partial charge in [-0.15, -0.1) is 24.0 Å². The summed E-state index contributed by atoms with van der Waals surface area (Å²) < 4.78 is 23.4. The second-order valence-corrected chi connectivity index (χ2v) is 9.59. The quantitative estimate of drug-likeness (QED) is 0.379. The van der Waals surface area contributed by atoms with Gasteiger partial charge in [-0.05, 0) is 39.3 Å². The Bertz CT molecular complexity index is 658. The molecule has 24 heavy (non-hydrogen) atoms. The minimum Gasteiger partial charge on any atom is -0.355 e. The van der Waals surface area contributed by atoms with Crippen LogP contribution in [0.5, 0.6) is 0 Å². The minimum absolute atomic E-state index is 0. The molecule has 0 saturated carbocycles. The summed E-state index contributed by atoms with van der Waals surface area (Å²) in [6, 6.07) is 7.53. The molecule has 0 radical (unpaired) electrons. The van der Waals surface area contributed by atoms with E-state index in [1.807, 2.05) is 31.2 Å². The summed E-state index contributed by atoms with van der Waals surface area (Å²) in [5.74, 6) is 0.596. The highest BCUT2D eigenvalue weighted by Gasteiger charge is 2.28. The molecule has 1 aromatic rings. The summed E-state index contributed by atoms with van der Waals surface area (Å²) in [4.78, 5) is 4.12. The maximum Gasteiger partial charge on any atom is 0.191 e. The van der Waals surface area contributed by atoms with Crippen LogP contribution in [-0.2, 0) is 9.84 Å². The zero-order chi connectivity index (χ0) is 17.7. The van der Waals surface area contributed by atoms with E-state index in [1.54, 1.807) is 27.8 Å². The lowest BCUT2D eigenvalue weighted by Gasteiger charge is -2.21. The van der Waals surface area contributed by atoms with Gasteiger partial charge in [-0.1, -0.05) is 29.8 Å². The fraction of sp³-hybridized carbons (Fsp3) is 0.562. The molecule has 0 aliphatic rings. The summed E-state index contributed by atoms with van der Waals surface area (Å²) in [5, 5.41) is 6.92. The molecule has 2 N–H and O–H groups in total. The molecule has 0 fully saturated rings. The zero-order valence-corrected chi connectivity index (χ0v) is 18.7. The third-order valence-electron chi connectivity index (χ3n) is 3.54. The van der Waals surface area contributed by atoms with E-state index in [4.69, 9.17) is 11.6 Å². The van der Waals surface area contributed by atoms with Crippen molar-refractivity contribution in [3.63, 3.8) is 0 Å². The van der Waals surface area contributed by atoms with Crippen molar-refractivity contribution in [2.45, 2.75) is 38.5 Å². The van der Waals surface area contributed by atoms with E-state index < -0.39 is 14.6 Å². The van der Waals surface area contributed by atoms with Crippen LogP contribution in [-0.4, -0.2) is 38.5 Å². The summed E-state index contributed by atoms with van der Waals surface area (Å²) in [5.41, 5.74) is 0.958. The average molecular weight is 488 g/mol. The molecule has 0 aliphatic carbocycles. The van der Waals surface area contributed by atoms with Gasteiger partial charge in [0.15, 0.2) is 15.8 Å². The Hall–Kier alpha value is -0.540. The van der Waals surface area contributed by atoms with Gasteiger partial charge >= 0.3 is 0 Å². The lowest BCUT2D eigenvalue weighted by molar-refractivity contribution is 0.558. The number of hydrogen-bond donors (Lipinski definition) is 2. The average Bonchev–Trinajstić information content (AvgIpc) is 2.45. The monoisotopic (exact) mass is 487 g/mol. The van der Waals surface area contributed by atoms with Gasteiger partial charge in [-0.3, -0.25) is 4.99 Å². The highest BCUT2D eigenvalue weighted by atomic mass is 127. The molecule has 1 rings (SSSR count). The van der Waals surface area contributed by atoms with E-state index in [0.29, 0.717) is 17.5 Å². The molecule has 0 bridgehead atoms. The molecule has 138 valence electrons. The highest BCUT2D eigenvalue weighted by Crippen LogP contribution is 2.21. The van der Waals surface area contributed by atoms with Gasteiger partial charge in [0, 0.05) is 18.6 Å². The fourth-order valence-corrected chi connectivity index (χ4v) is 3.20. The topological polar surface area (TPSA) is 70.6 Å². The van der Waals surface area contributed by atoms with Gasteiger partial charge in [-0.2, -0.15) is 0 Å². The maximum atomic E-state index is 12.1. The Morgan fingerprint density at radius 1 is 1.29 bits per heavy atom. The molecule has 1 unspecified atom stereocenters. The van der Waals surface area contributed by atoms with Crippen LogP contribution in [0.1, 0.15) is 39.3 Å². The van der Waals surface area contributed by atoms with E-state index in [9.17, 15) is 8.42 Å². The second kappa shape index (κ2) is 9.82. The van der Waals surface area contributed by atoms with Crippen molar-refractivity contribution in [1.29, 1.82) is 0 Å². The van der Waals surface area contributed by atoms with Crippen LogP contribution in [0.4, 0.5) is 0 Å². The van der Waals surface area contributed by atoms with Crippen LogP contribution in [0.15, 0.2) is 29.3 Å².